The normalized spacial score (nSPS) is 11.4. The maximum atomic E-state index is 11.9. The molecule has 0 radical (unpaired) electrons. The van der Waals surface area contributed by atoms with Gasteiger partial charge in [-0.05, 0) is 23.9 Å². The quantitative estimate of drug-likeness (QED) is 0.440. The van der Waals surface area contributed by atoms with Crippen molar-refractivity contribution in [1.29, 1.82) is 0 Å². The summed E-state index contributed by atoms with van der Waals surface area (Å²) in [7, 11) is -3.50. The van der Waals surface area contributed by atoms with Crippen LogP contribution in [0.2, 0.25) is 5.02 Å². The number of nitrogens with zero attached hydrogens (tertiary/aromatic N) is 1. The maximum Gasteiger partial charge on any atom is 0.271 e. The van der Waals surface area contributed by atoms with Gasteiger partial charge in [-0.2, -0.15) is 0 Å². The van der Waals surface area contributed by atoms with Crippen LogP contribution in [0.15, 0.2) is 33.9 Å². The zero-order valence-electron chi connectivity index (χ0n) is 12.1. The van der Waals surface area contributed by atoms with Gasteiger partial charge in [-0.15, -0.1) is 11.3 Å². The summed E-state index contributed by atoms with van der Waals surface area (Å²) in [6.45, 7) is 2.15. The summed E-state index contributed by atoms with van der Waals surface area (Å²) in [6.07, 6.45) is 0. The topological polar surface area (TPSA) is 101 Å². The SMILES string of the molecule is Cc1cc([N+](=O)[O-])cc(Cl)c1NCCNS(=O)(=O)c1cccs1. The van der Waals surface area contributed by atoms with Gasteiger partial charge in [0.2, 0.25) is 10.0 Å². The molecule has 1 aromatic carbocycles. The number of sulfonamides is 1. The van der Waals surface area contributed by atoms with E-state index in [1.165, 1.54) is 18.2 Å². The largest absolute Gasteiger partial charge is 0.382 e. The molecular weight excluding hydrogens is 362 g/mol. The Hall–Kier alpha value is -1.68. The van der Waals surface area contributed by atoms with Gasteiger partial charge in [-0.25, -0.2) is 13.1 Å². The molecule has 0 aliphatic carbocycles. The molecule has 2 rings (SSSR count). The second-order valence-corrected chi connectivity index (χ2v) is 7.98. The number of nitro benzene ring substituents is 1. The maximum absolute atomic E-state index is 11.9. The zero-order valence-corrected chi connectivity index (χ0v) is 14.5. The van der Waals surface area contributed by atoms with Crippen molar-refractivity contribution in [1.82, 2.24) is 4.72 Å². The third kappa shape index (κ3) is 4.41. The first kappa shape index (κ1) is 17.7. The Bertz CT molecular complexity index is 784. The summed E-state index contributed by atoms with van der Waals surface area (Å²) in [5.41, 5.74) is 1.08. The Kier molecular flexibility index (Phi) is 5.58. The minimum absolute atomic E-state index is 0.0866. The number of aryl methyl sites for hydroxylation is 1. The van der Waals surface area contributed by atoms with Crippen molar-refractivity contribution in [3.05, 3.63) is 50.3 Å². The van der Waals surface area contributed by atoms with Gasteiger partial charge >= 0.3 is 0 Å². The number of hydrogen-bond donors (Lipinski definition) is 2. The lowest BCUT2D eigenvalue weighted by Crippen LogP contribution is -2.28. The van der Waals surface area contributed by atoms with Crippen molar-refractivity contribution >= 4 is 44.3 Å². The number of benzene rings is 1. The smallest absolute Gasteiger partial charge is 0.271 e. The monoisotopic (exact) mass is 375 g/mol. The minimum Gasteiger partial charge on any atom is -0.382 e. The van der Waals surface area contributed by atoms with Gasteiger partial charge in [-0.1, -0.05) is 17.7 Å². The number of rotatable bonds is 7. The van der Waals surface area contributed by atoms with Crippen LogP contribution in [0.3, 0.4) is 0 Å². The van der Waals surface area contributed by atoms with E-state index in [1.54, 1.807) is 18.4 Å². The van der Waals surface area contributed by atoms with E-state index in [4.69, 9.17) is 11.6 Å². The first-order valence-electron chi connectivity index (χ1n) is 6.53. The van der Waals surface area contributed by atoms with Gasteiger partial charge < -0.3 is 5.32 Å². The fourth-order valence-electron chi connectivity index (χ4n) is 1.92. The summed E-state index contributed by atoms with van der Waals surface area (Å²) >= 11 is 7.16. The molecule has 2 aromatic rings. The molecular formula is C13H14ClN3O4S2. The zero-order chi connectivity index (χ0) is 17.0. The Morgan fingerprint density at radius 2 is 2.09 bits per heavy atom. The molecule has 23 heavy (non-hydrogen) atoms. The molecule has 1 heterocycles. The van der Waals surface area contributed by atoms with E-state index < -0.39 is 14.9 Å². The third-order valence-corrected chi connectivity index (χ3v) is 6.12. The average Bonchev–Trinajstić information content (AvgIpc) is 3.00. The molecule has 0 saturated heterocycles. The van der Waals surface area contributed by atoms with Crippen molar-refractivity contribution in [3.63, 3.8) is 0 Å². The molecule has 2 N–H and O–H groups in total. The van der Waals surface area contributed by atoms with Crippen molar-refractivity contribution in [2.24, 2.45) is 0 Å². The van der Waals surface area contributed by atoms with Crippen LogP contribution in [0.4, 0.5) is 11.4 Å². The van der Waals surface area contributed by atoms with Crippen LogP contribution in [-0.2, 0) is 10.0 Å². The second-order valence-electron chi connectivity index (χ2n) is 4.63. The molecule has 0 amide bonds. The molecule has 10 heteroatoms. The lowest BCUT2D eigenvalue weighted by Gasteiger charge is -2.12. The second kappa shape index (κ2) is 7.26. The minimum atomic E-state index is -3.50. The molecule has 0 atom stereocenters. The lowest BCUT2D eigenvalue weighted by atomic mass is 10.2. The number of halogens is 1. The van der Waals surface area contributed by atoms with E-state index >= 15 is 0 Å². The summed E-state index contributed by atoms with van der Waals surface area (Å²) < 4.78 is 26.6. The van der Waals surface area contributed by atoms with Crippen LogP contribution in [0.25, 0.3) is 0 Å². The highest BCUT2D eigenvalue weighted by Gasteiger charge is 2.15. The van der Waals surface area contributed by atoms with Crippen molar-refractivity contribution in [3.8, 4) is 0 Å². The molecule has 0 spiro atoms. The van der Waals surface area contributed by atoms with E-state index in [9.17, 15) is 18.5 Å². The van der Waals surface area contributed by atoms with E-state index in [2.05, 4.69) is 10.0 Å². The van der Waals surface area contributed by atoms with E-state index in [-0.39, 0.29) is 21.5 Å². The summed E-state index contributed by atoms with van der Waals surface area (Å²) in [4.78, 5) is 10.2. The van der Waals surface area contributed by atoms with Crippen LogP contribution in [0.5, 0.6) is 0 Å². The van der Waals surface area contributed by atoms with Crippen molar-refractivity contribution in [2.45, 2.75) is 11.1 Å². The van der Waals surface area contributed by atoms with E-state index in [1.807, 2.05) is 0 Å². The summed E-state index contributed by atoms with van der Waals surface area (Å²) in [5, 5.41) is 15.6. The predicted octanol–water partition coefficient (Wildman–Crippen LogP) is 3.01. The van der Waals surface area contributed by atoms with Crippen LogP contribution < -0.4 is 10.0 Å². The molecule has 0 aliphatic heterocycles. The van der Waals surface area contributed by atoms with Crippen LogP contribution >= 0.6 is 22.9 Å². The Balaban J connectivity index is 1.96. The highest BCUT2D eigenvalue weighted by atomic mass is 35.5. The molecule has 0 bridgehead atoms. The predicted molar refractivity (Wildman–Crippen MR) is 90.8 cm³/mol. The van der Waals surface area contributed by atoms with E-state index in [0.717, 1.165) is 11.3 Å². The number of anilines is 1. The standard InChI is InChI=1S/C13H14ClN3O4S2/c1-9-7-10(17(18)19)8-11(14)13(9)15-4-5-16-23(20,21)12-3-2-6-22-12/h2-3,6-8,15-16H,4-5H2,1H3. The van der Waals surface area contributed by atoms with Crippen LogP contribution in [0, 0.1) is 17.0 Å². The van der Waals surface area contributed by atoms with Crippen LogP contribution in [0.1, 0.15) is 5.56 Å². The highest BCUT2D eigenvalue weighted by Crippen LogP contribution is 2.30. The van der Waals surface area contributed by atoms with Gasteiger partial charge in [0.15, 0.2) is 0 Å². The van der Waals surface area contributed by atoms with Gasteiger partial charge in [0.25, 0.3) is 5.69 Å². The first-order chi connectivity index (χ1) is 10.8. The Morgan fingerprint density at radius 3 is 2.65 bits per heavy atom. The molecule has 0 unspecified atom stereocenters. The Labute approximate surface area is 142 Å². The molecule has 0 saturated carbocycles. The molecule has 1 aromatic heterocycles. The Morgan fingerprint density at radius 1 is 1.35 bits per heavy atom. The fourth-order valence-corrected chi connectivity index (χ4v) is 4.31. The molecule has 0 fully saturated rings. The highest BCUT2D eigenvalue weighted by molar-refractivity contribution is 7.91. The number of non-ortho nitro benzene ring substituents is 1. The molecule has 7 nitrogen and oxygen atoms in total. The van der Waals surface area contributed by atoms with Gasteiger partial charge in [0.05, 0.1) is 15.6 Å². The molecule has 0 aliphatic rings. The number of thiophene rings is 1. The average molecular weight is 376 g/mol. The number of nitro groups is 1. The van der Waals surface area contributed by atoms with Crippen molar-refractivity contribution < 1.29 is 13.3 Å². The van der Waals surface area contributed by atoms with E-state index in [0.29, 0.717) is 17.8 Å². The third-order valence-electron chi connectivity index (χ3n) is 2.96. The van der Waals surface area contributed by atoms with Crippen molar-refractivity contribution in [2.75, 3.05) is 18.4 Å². The lowest BCUT2D eigenvalue weighted by molar-refractivity contribution is -0.384. The summed E-state index contributed by atoms with van der Waals surface area (Å²) in [5.74, 6) is 0. The van der Waals surface area contributed by atoms with Gasteiger partial charge in [0.1, 0.15) is 4.21 Å². The van der Waals surface area contributed by atoms with Gasteiger partial charge in [0, 0.05) is 25.2 Å². The van der Waals surface area contributed by atoms with Crippen LogP contribution in [-0.4, -0.2) is 26.4 Å². The number of hydrogen-bond acceptors (Lipinski definition) is 6. The number of nitrogens with one attached hydrogen (secondary N) is 2. The summed E-state index contributed by atoms with van der Waals surface area (Å²) in [6, 6.07) is 5.85. The first-order valence-corrected chi connectivity index (χ1v) is 9.27. The van der Waals surface area contributed by atoms with Gasteiger partial charge in [-0.3, -0.25) is 10.1 Å². The fraction of sp³-hybridized carbons (Fsp3) is 0.231. The molecule has 124 valence electrons.